The fourth-order valence-electron chi connectivity index (χ4n) is 5.61. The Hall–Kier alpha value is -3.09. The Balaban J connectivity index is 1.52. The molecule has 12 heteroatoms. The molecule has 4 unspecified atom stereocenters. The molecule has 42 heavy (non-hydrogen) atoms. The molecule has 226 valence electrons. The molecule has 0 spiro atoms. The number of carbonyl (C=O) groups excluding carboxylic acids is 1. The van der Waals surface area contributed by atoms with E-state index in [1.807, 2.05) is 6.92 Å². The van der Waals surface area contributed by atoms with Crippen LogP contribution in [0.4, 0.5) is 10.1 Å². The van der Waals surface area contributed by atoms with Crippen molar-refractivity contribution in [1.29, 1.82) is 0 Å². The molecule has 0 radical (unpaired) electrons. The number of hydrogen-bond acceptors (Lipinski definition) is 7. The monoisotopic (exact) mass is 617 g/mol. The van der Waals surface area contributed by atoms with E-state index in [0.29, 0.717) is 60.1 Å². The number of hydrogen-bond donors (Lipinski definition) is 3. The van der Waals surface area contributed by atoms with Gasteiger partial charge in [-0.2, -0.15) is 4.31 Å². The summed E-state index contributed by atoms with van der Waals surface area (Å²) in [6.07, 6.45) is 4.19. The van der Waals surface area contributed by atoms with Gasteiger partial charge in [0.2, 0.25) is 21.8 Å². The Morgan fingerprint density at radius 2 is 1.90 bits per heavy atom. The first-order valence-corrected chi connectivity index (χ1v) is 16.0. The van der Waals surface area contributed by atoms with Crippen molar-refractivity contribution in [3.05, 3.63) is 88.3 Å². The Morgan fingerprint density at radius 3 is 2.55 bits per heavy atom. The smallest absolute Gasteiger partial charge is 0.242 e. The predicted octanol–water partition coefficient (Wildman–Crippen LogP) is 3.93. The van der Waals surface area contributed by atoms with Gasteiger partial charge < -0.3 is 21.1 Å². The van der Waals surface area contributed by atoms with Crippen molar-refractivity contribution in [1.82, 2.24) is 14.6 Å². The van der Waals surface area contributed by atoms with E-state index in [0.717, 1.165) is 5.56 Å². The molecule has 1 fully saturated rings. The van der Waals surface area contributed by atoms with Crippen LogP contribution in [0.1, 0.15) is 42.4 Å². The molecule has 3 aromatic rings. The normalized spacial score (nSPS) is 19.2. The molecule has 0 bridgehead atoms. The van der Waals surface area contributed by atoms with Crippen LogP contribution in [0.3, 0.4) is 0 Å². The third kappa shape index (κ3) is 7.64. The molecule has 1 aromatic heterocycles. The van der Waals surface area contributed by atoms with E-state index in [1.54, 1.807) is 48.7 Å². The number of amides is 1. The van der Waals surface area contributed by atoms with E-state index in [1.165, 1.54) is 29.8 Å². The van der Waals surface area contributed by atoms with E-state index in [-0.39, 0.29) is 12.1 Å². The molecule has 4 rings (SSSR count). The minimum Gasteiger partial charge on any atom is -0.481 e. The number of aromatic nitrogens is 1. The van der Waals surface area contributed by atoms with Gasteiger partial charge in [0.1, 0.15) is 5.82 Å². The molecular formula is C30H37ClFN5O4S. The van der Waals surface area contributed by atoms with Gasteiger partial charge in [0.05, 0.1) is 19.4 Å². The first kappa shape index (κ1) is 31.8. The maximum atomic E-state index is 15.1. The van der Waals surface area contributed by atoms with Crippen molar-refractivity contribution in [3.63, 3.8) is 0 Å². The number of anilines is 1. The number of ether oxygens (including phenoxy) is 1. The highest BCUT2D eigenvalue weighted by atomic mass is 35.5. The lowest BCUT2D eigenvalue weighted by molar-refractivity contribution is -0.117. The second-order valence-electron chi connectivity index (χ2n) is 10.6. The summed E-state index contributed by atoms with van der Waals surface area (Å²) in [5, 5.41) is 6.66. The summed E-state index contributed by atoms with van der Waals surface area (Å²) in [6, 6.07) is 13.6. The second kappa shape index (κ2) is 13.9. The SMILES string of the molecule is COc1ccc(C(c2ccc(Cl)cc2)C(N)C(=O)Nc2cccc(F)c2CCCC2CNCC(C)N2S(C)(=O)=O)cn1. The highest BCUT2D eigenvalue weighted by molar-refractivity contribution is 7.88. The van der Waals surface area contributed by atoms with E-state index >= 15 is 4.39 Å². The maximum Gasteiger partial charge on any atom is 0.242 e. The van der Waals surface area contributed by atoms with E-state index in [9.17, 15) is 13.2 Å². The molecule has 9 nitrogen and oxygen atoms in total. The van der Waals surface area contributed by atoms with Crippen LogP contribution >= 0.6 is 11.6 Å². The lowest BCUT2D eigenvalue weighted by Gasteiger charge is -2.39. The van der Waals surface area contributed by atoms with Crippen LogP contribution in [-0.2, 0) is 21.2 Å². The Bertz CT molecular complexity index is 1470. The first-order chi connectivity index (χ1) is 20.0. The largest absolute Gasteiger partial charge is 0.481 e. The summed E-state index contributed by atoms with van der Waals surface area (Å²) in [5.41, 5.74) is 8.70. The fraction of sp³-hybridized carbons (Fsp3) is 0.400. The third-order valence-corrected chi connectivity index (χ3v) is 9.23. The highest BCUT2D eigenvalue weighted by Gasteiger charge is 2.34. The number of rotatable bonds is 11. The molecular weight excluding hydrogens is 581 g/mol. The van der Waals surface area contributed by atoms with Crippen molar-refractivity contribution >= 4 is 33.2 Å². The fourth-order valence-corrected chi connectivity index (χ4v) is 7.19. The van der Waals surface area contributed by atoms with E-state index in [2.05, 4.69) is 15.6 Å². The summed E-state index contributed by atoms with van der Waals surface area (Å²) in [7, 11) is -1.88. The lowest BCUT2D eigenvalue weighted by atomic mass is 9.85. The lowest BCUT2D eigenvalue weighted by Crippen LogP contribution is -2.57. The van der Waals surface area contributed by atoms with E-state index < -0.39 is 33.7 Å². The summed E-state index contributed by atoms with van der Waals surface area (Å²) in [4.78, 5) is 17.8. The molecule has 2 heterocycles. The molecule has 1 saturated heterocycles. The molecule has 4 N–H and O–H groups in total. The van der Waals surface area contributed by atoms with Crippen LogP contribution in [0.15, 0.2) is 60.8 Å². The number of methoxy groups -OCH3 is 1. The zero-order chi connectivity index (χ0) is 30.4. The van der Waals surface area contributed by atoms with Crippen molar-refractivity contribution in [2.24, 2.45) is 5.73 Å². The van der Waals surface area contributed by atoms with Gasteiger partial charge in [-0.3, -0.25) is 4.79 Å². The predicted molar refractivity (Wildman–Crippen MR) is 163 cm³/mol. The van der Waals surface area contributed by atoms with Gasteiger partial charge in [-0.25, -0.2) is 17.8 Å². The quantitative estimate of drug-likeness (QED) is 0.298. The molecule has 2 aromatic carbocycles. The van der Waals surface area contributed by atoms with Crippen molar-refractivity contribution < 1.29 is 22.3 Å². The summed E-state index contributed by atoms with van der Waals surface area (Å²) < 4.78 is 46.6. The van der Waals surface area contributed by atoms with Gasteiger partial charge in [-0.15, -0.1) is 0 Å². The van der Waals surface area contributed by atoms with Gasteiger partial charge in [0.25, 0.3) is 0 Å². The van der Waals surface area contributed by atoms with Gasteiger partial charge in [0.15, 0.2) is 0 Å². The van der Waals surface area contributed by atoms with Crippen molar-refractivity contribution in [2.45, 2.75) is 50.2 Å². The first-order valence-electron chi connectivity index (χ1n) is 13.8. The second-order valence-corrected chi connectivity index (χ2v) is 12.9. The number of halogens is 2. The van der Waals surface area contributed by atoms with Crippen LogP contribution in [0, 0.1) is 5.82 Å². The molecule has 0 saturated carbocycles. The maximum absolute atomic E-state index is 15.1. The summed E-state index contributed by atoms with van der Waals surface area (Å²) >= 11 is 6.10. The average Bonchev–Trinajstić information content (AvgIpc) is 2.95. The van der Waals surface area contributed by atoms with E-state index in [4.69, 9.17) is 22.1 Å². The van der Waals surface area contributed by atoms with Crippen LogP contribution in [0.5, 0.6) is 5.88 Å². The molecule has 0 aliphatic carbocycles. The zero-order valence-electron chi connectivity index (χ0n) is 23.9. The minimum atomic E-state index is -3.39. The van der Waals surface area contributed by atoms with Crippen LogP contribution in [0.25, 0.3) is 0 Å². The number of sulfonamides is 1. The van der Waals surface area contributed by atoms with Crippen molar-refractivity contribution in [3.8, 4) is 5.88 Å². The zero-order valence-corrected chi connectivity index (χ0v) is 25.5. The standard InChI is InChI=1S/C30H37ClFN5O4S/c1-19-16-34-18-23(37(19)42(3,39)40)6-4-7-24-25(32)8-5-9-26(24)36-30(38)29(33)28(20-10-13-22(31)14-11-20)21-12-15-27(41-2)35-17-21/h5,8-15,17,19,23,28-29,34H,4,6-7,16,18,33H2,1-3H3,(H,36,38). The molecule has 1 aliphatic rings. The summed E-state index contributed by atoms with van der Waals surface area (Å²) in [6.45, 7) is 2.98. The number of nitrogens with zero attached hydrogens (tertiary/aromatic N) is 2. The average molecular weight is 618 g/mol. The number of nitrogens with two attached hydrogens (primary N) is 1. The van der Waals surface area contributed by atoms with Crippen LogP contribution < -0.4 is 21.1 Å². The van der Waals surface area contributed by atoms with Crippen molar-refractivity contribution in [2.75, 3.05) is 31.8 Å². The third-order valence-electron chi connectivity index (χ3n) is 7.56. The number of pyridine rings is 1. The minimum absolute atomic E-state index is 0.168. The number of carbonyl (C=O) groups is 1. The number of nitrogens with one attached hydrogen (secondary N) is 2. The number of benzene rings is 2. The van der Waals surface area contributed by atoms with Crippen LogP contribution in [0.2, 0.25) is 5.02 Å². The molecule has 4 atom stereocenters. The summed E-state index contributed by atoms with van der Waals surface area (Å²) in [5.74, 6) is -1.09. The molecule has 1 aliphatic heterocycles. The Morgan fingerprint density at radius 1 is 1.19 bits per heavy atom. The Labute approximate surface area is 251 Å². The van der Waals surface area contributed by atoms with Gasteiger partial charge >= 0.3 is 0 Å². The Kier molecular flexibility index (Phi) is 10.6. The highest BCUT2D eigenvalue weighted by Crippen LogP contribution is 2.30. The van der Waals surface area contributed by atoms with Crippen LogP contribution in [-0.4, -0.2) is 68.2 Å². The molecule has 1 amide bonds. The van der Waals surface area contributed by atoms with Gasteiger partial charge in [-0.05, 0) is 61.6 Å². The van der Waals surface area contributed by atoms with Gasteiger partial charge in [-0.1, -0.05) is 35.9 Å². The van der Waals surface area contributed by atoms with Gasteiger partial charge in [0, 0.05) is 59.6 Å². The number of piperazine rings is 1. The topological polar surface area (TPSA) is 127 Å².